The molecule has 0 bridgehead atoms. The van der Waals surface area contributed by atoms with Gasteiger partial charge in [0.1, 0.15) is 11.6 Å². The largest absolute Gasteiger partial charge is 0.496 e. The Morgan fingerprint density at radius 1 is 1.03 bits per heavy atom. The lowest BCUT2D eigenvalue weighted by atomic mass is 10.0. The van der Waals surface area contributed by atoms with E-state index in [0.717, 1.165) is 55.1 Å². The number of nitrogens with zero attached hydrogens (tertiary/aromatic N) is 4. The van der Waals surface area contributed by atoms with E-state index in [1.54, 1.807) is 19.2 Å². The van der Waals surface area contributed by atoms with Gasteiger partial charge in [0.05, 0.1) is 19.1 Å². The van der Waals surface area contributed by atoms with E-state index in [9.17, 15) is 9.59 Å². The molecule has 2 aliphatic heterocycles. The maximum absolute atomic E-state index is 13.0. The van der Waals surface area contributed by atoms with Crippen LogP contribution >= 0.6 is 0 Å². The molecule has 7 heteroatoms. The molecule has 0 unspecified atom stereocenters. The lowest BCUT2D eigenvalue weighted by molar-refractivity contribution is -0.129. The van der Waals surface area contributed by atoms with Crippen molar-refractivity contribution in [3.63, 3.8) is 0 Å². The lowest BCUT2D eigenvalue weighted by Gasteiger charge is -2.19. The molecule has 0 spiro atoms. The maximum atomic E-state index is 13.0. The van der Waals surface area contributed by atoms with E-state index in [2.05, 4.69) is 0 Å². The van der Waals surface area contributed by atoms with Crippen molar-refractivity contribution in [2.75, 3.05) is 33.3 Å². The zero-order valence-electron chi connectivity index (χ0n) is 18.6. The Labute approximate surface area is 183 Å². The van der Waals surface area contributed by atoms with Gasteiger partial charge in [0.15, 0.2) is 0 Å². The predicted molar refractivity (Wildman–Crippen MR) is 117 cm³/mol. The van der Waals surface area contributed by atoms with Gasteiger partial charge in [-0.25, -0.2) is 9.97 Å². The minimum absolute atomic E-state index is 0.0266. The first-order valence-corrected chi connectivity index (χ1v) is 11.0. The molecule has 3 heterocycles. The number of aromatic nitrogens is 2. The Morgan fingerprint density at radius 3 is 2.39 bits per heavy atom. The first-order chi connectivity index (χ1) is 15.0. The summed E-state index contributed by atoms with van der Waals surface area (Å²) in [6.07, 6.45) is 3.36. The SMILES string of the molecule is COc1ccccc1C(=O)N1CC[C@H](c2nc(C)c(CC(=O)N3CCCC3)c(C)n2)C1. The molecule has 164 valence electrons. The van der Waals surface area contributed by atoms with Crippen molar-refractivity contribution in [1.29, 1.82) is 0 Å². The molecular weight excluding hydrogens is 392 g/mol. The van der Waals surface area contributed by atoms with Crippen LogP contribution in [0.4, 0.5) is 0 Å². The van der Waals surface area contributed by atoms with Crippen LogP contribution in [-0.4, -0.2) is 64.9 Å². The molecule has 31 heavy (non-hydrogen) atoms. The van der Waals surface area contributed by atoms with E-state index in [4.69, 9.17) is 14.7 Å². The van der Waals surface area contributed by atoms with Crippen molar-refractivity contribution in [1.82, 2.24) is 19.8 Å². The van der Waals surface area contributed by atoms with E-state index in [1.807, 2.05) is 35.8 Å². The third-order valence-electron chi connectivity index (χ3n) is 6.40. The highest BCUT2D eigenvalue weighted by Crippen LogP contribution is 2.29. The third-order valence-corrected chi connectivity index (χ3v) is 6.40. The highest BCUT2D eigenvalue weighted by Gasteiger charge is 2.31. The molecule has 1 atom stereocenters. The molecule has 7 nitrogen and oxygen atoms in total. The van der Waals surface area contributed by atoms with Crippen molar-refractivity contribution in [2.24, 2.45) is 0 Å². The molecule has 2 aromatic rings. The van der Waals surface area contributed by atoms with Crippen LogP contribution in [0.3, 0.4) is 0 Å². The van der Waals surface area contributed by atoms with Crippen LogP contribution in [0.15, 0.2) is 24.3 Å². The quantitative estimate of drug-likeness (QED) is 0.741. The number of aryl methyl sites for hydroxylation is 2. The molecule has 1 aromatic carbocycles. The standard InChI is InChI=1S/C24H30N4O3/c1-16-20(14-22(29)27-11-6-7-12-27)17(2)26-23(25-16)18-10-13-28(15-18)24(30)19-8-4-5-9-21(19)31-3/h4-5,8-9,18H,6-7,10-15H2,1-3H3/t18-/m0/s1. The van der Waals surface area contributed by atoms with E-state index in [1.165, 1.54) is 0 Å². The minimum Gasteiger partial charge on any atom is -0.496 e. The Morgan fingerprint density at radius 2 is 1.71 bits per heavy atom. The number of rotatable bonds is 5. The van der Waals surface area contributed by atoms with Crippen LogP contribution in [0, 0.1) is 13.8 Å². The van der Waals surface area contributed by atoms with Gasteiger partial charge in [0.25, 0.3) is 5.91 Å². The lowest BCUT2D eigenvalue weighted by Crippen LogP contribution is -2.30. The number of carbonyl (C=O) groups is 2. The summed E-state index contributed by atoms with van der Waals surface area (Å²) in [5.41, 5.74) is 3.24. The van der Waals surface area contributed by atoms with Crippen LogP contribution in [0.2, 0.25) is 0 Å². The van der Waals surface area contributed by atoms with Gasteiger partial charge in [-0.1, -0.05) is 12.1 Å². The smallest absolute Gasteiger partial charge is 0.257 e. The zero-order valence-corrected chi connectivity index (χ0v) is 18.6. The van der Waals surface area contributed by atoms with E-state index in [-0.39, 0.29) is 17.7 Å². The van der Waals surface area contributed by atoms with E-state index >= 15 is 0 Å². The second-order valence-electron chi connectivity index (χ2n) is 8.43. The molecule has 2 saturated heterocycles. The molecule has 2 fully saturated rings. The molecular formula is C24H30N4O3. The first-order valence-electron chi connectivity index (χ1n) is 11.0. The van der Waals surface area contributed by atoms with Gasteiger partial charge >= 0.3 is 0 Å². The Bertz CT molecular complexity index is 962. The van der Waals surface area contributed by atoms with Crippen molar-refractivity contribution in [3.05, 3.63) is 52.6 Å². The van der Waals surface area contributed by atoms with Gasteiger partial charge in [0.2, 0.25) is 5.91 Å². The predicted octanol–water partition coefficient (Wildman–Crippen LogP) is 2.90. The van der Waals surface area contributed by atoms with E-state index < -0.39 is 0 Å². The average molecular weight is 423 g/mol. The Balaban J connectivity index is 1.46. The first kappa shape index (κ1) is 21.3. The Kier molecular flexibility index (Phi) is 6.20. The molecule has 0 N–H and O–H groups in total. The summed E-state index contributed by atoms with van der Waals surface area (Å²) in [7, 11) is 1.58. The fourth-order valence-electron chi connectivity index (χ4n) is 4.58. The number of hydrogen-bond donors (Lipinski definition) is 0. The zero-order chi connectivity index (χ0) is 22.0. The number of likely N-dealkylation sites (tertiary alicyclic amines) is 2. The second kappa shape index (κ2) is 9.04. The van der Waals surface area contributed by atoms with Crippen LogP contribution in [0.1, 0.15) is 58.3 Å². The summed E-state index contributed by atoms with van der Waals surface area (Å²) in [6, 6.07) is 7.31. The maximum Gasteiger partial charge on any atom is 0.257 e. The fourth-order valence-corrected chi connectivity index (χ4v) is 4.58. The van der Waals surface area contributed by atoms with Crippen molar-refractivity contribution < 1.29 is 14.3 Å². The number of hydrogen-bond acceptors (Lipinski definition) is 5. The van der Waals surface area contributed by atoms with Crippen molar-refractivity contribution in [2.45, 2.75) is 45.4 Å². The van der Waals surface area contributed by atoms with Crippen LogP contribution in [0.25, 0.3) is 0 Å². The number of ether oxygens (including phenoxy) is 1. The summed E-state index contributed by atoms with van der Waals surface area (Å²) in [5.74, 6) is 1.59. The van der Waals surface area contributed by atoms with Gasteiger partial charge in [-0.3, -0.25) is 9.59 Å². The summed E-state index contributed by atoms with van der Waals surface area (Å²) in [4.78, 5) is 38.9. The van der Waals surface area contributed by atoms with Crippen molar-refractivity contribution >= 4 is 11.8 Å². The number of carbonyl (C=O) groups excluding carboxylic acids is 2. The van der Waals surface area contributed by atoms with Gasteiger partial charge in [-0.15, -0.1) is 0 Å². The monoisotopic (exact) mass is 422 g/mol. The fraction of sp³-hybridized carbons (Fsp3) is 0.500. The molecule has 1 aromatic heterocycles. The summed E-state index contributed by atoms with van der Waals surface area (Å²) in [5, 5.41) is 0. The van der Waals surface area contributed by atoms with Crippen molar-refractivity contribution in [3.8, 4) is 5.75 Å². The summed E-state index contributed by atoms with van der Waals surface area (Å²) < 4.78 is 5.35. The average Bonchev–Trinajstić information content (AvgIpc) is 3.48. The highest BCUT2D eigenvalue weighted by molar-refractivity contribution is 5.97. The van der Waals surface area contributed by atoms with Gasteiger partial charge < -0.3 is 14.5 Å². The molecule has 2 amide bonds. The van der Waals surface area contributed by atoms with Crippen LogP contribution in [0.5, 0.6) is 5.75 Å². The molecule has 0 radical (unpaired) electrons. The number of methoxy groups -OCH3 is 1. The molecule has 0 saturated carbocycles. The van der Waals surface area contributed by atoms with Gasteiger partial charge in [-0.05, 0) is 45.2 Å². The number of amides is 2. The molecule has 0 aliphatic carbocycles. The molecule has 4 rings (SSSR count). The number of benzene rings is 1. The van der Waals surface area contributed by atoms with Gasteiger partial charge in [-0.2, -0.15) is 0 Å². The second-order valence-corrected chi connectivity index (χ2v) is 8.43. The highest BCUT2D eigenvalue weighted by atomic mass is 16.5. The van der Waals surface area contributed by atoms with Gasteiger partial charge in [0, 0.05) is 49.0 Å². The third kappa shape index (κ3) is 4.40. The Hall–Kier alpha value is -2.96. The number of para-hydroxylation sites is 1. The van der Waals surface area contributed by atoms with E-state index in [0.29, 0.717) is 30.8 Å². The minimum atomic E-state index is -0.0266. The van der Waals surface area contributed by atoms with Crippen LogP contribution < -0.4 is 4.74 Å². The topological polar surface area (TPSA) is 75.6 Å². The summed E-state index contributed by atoms with van der Waals surface area (Å²) >= 11 is 0. The normalized spacial score (nSPS) is 18.5. The molecule has 2 aliphatic rings. The summed E-state index contributed by atoms with van der Waals surface area (Å²) in [6.45, 7) is 6.87. The van der Waals surface area contributed by atoms with Crippen LogP contribution in [-0.2, 0) is 11.2 Å².